The standard InChI is InChI=1S/C21H28N6O.HI/c1-4-22-21(23-12-16-9-10-20-26-25-15(3)27(20)13-16)24-14(2)19-11-17-7-5-6-8-18(17)28-19;/h5-8,11,14,16H,4,9-10,12-13H2,1-3H3,(H2,22,23,24);1H. The van der Waals surface area contributed by atoms with E-state index in [1.54, 1.807) is 0 Å². The van der Waals surface area contributed by atoms with E-state index in [1.165, 1.54) is 0 Å². The summed E-state index contributed by atoms with van der Waals surface area (Å²) in [6, 6.07) is 10.2. The highest BCUT2D eigenvalue weighted by Gasteiger charge is 2.21. The van der Waals surface area contributed by atoms with Crippen LogP contribution in [0.3, 0.4) is 0 Å². The lowest BCUT2D eigenvalue weighted by molar-refractivity contribution is 0.369. The molecule has 29 heavy (non-hydrogen) atoms. The Bertz CT molecular complexity index is 946. The van der Waals surface area contributed by atoms with Crippen LogP contribution in [0, 0.1) is 12.8 Å². The smallest absolute Gasteiger partial charge is 0.191 e. The molecule has 7 nitrogen and oxygen atoms in total. The number of aryl methyl sites for hydroxylation is 2. The Balaban J connectivity index is 0.00000240. The van der Waals surface area contributed by atoms with E-state index in [9.17, 15) is 0 Å². The van der Waals surface area contributed by atoms with Crippen molar-refractivity contribution in [3.05, 3.63) is 47.7 Å². The molecule has 2 atom stereocenters. The van der Waals surface area contributed by atoms with E-state index < -0.39 is 0 Å². The zero-order valence-corrected chi connectivity index (χ0v) is 19.5. The number of fused-ring (bicyclic) bond motifs is 2. The lowest BCUT2D eigenvalue weighted by Gasteiger charge is -2.23. The average molecular weight is 508 g/mol. The van der Waals surface area contributed by atoms with Crippen LogP contribution in [0.4, 0.5) is 0 Å². The Morgan fingerprint density at radius 1 is 1.34 bits per heavy atom. The zero-order chi connectivity index (χ0) is 19.5. The number of guanidine groups is 1. The molecule has 4 rings (SSSR count). The molecule has 3 heterocycles. The predicted octanol–water partition coefficient (Wildman–Crippen LogP) is 3.83. The third-order valence-electron chi connectivity index (χ3n) is 5.31. The Kier molecular flexibility index (Phi) is 7.15. The first-order valence-corrected chi connectivity index (χ1v) is 10.1. The monoisotopic (exact) mass is 508 g/mol. The maximum Gasteiger partial charge on any atom is 0.191 e. The van der Waals surface area contributed by atoms with Crippen LogP contribution in [0.5, 0.6) is 0 Å². The van der Waals surface area contributed by atoms with Gasteiger partial charge in [0.1, 0.15) is 23.0 Å². The summed E-state index contributed by atoms with van der Waals surface area (Å²) in [5, 5.41) is 16.4. The molecule has 1 aliphatic rings. The summed E-state index contributed by atoms with van der Waals surface area (Å²) in [5.74, 6) is 4.32. The molecule has 2 aromatic heterocycles. The molecule has 2 unspecified atom stereocenters. The Labute approximate surface area is 188 Å². The Morgan fingerprint density at radius 3 is 2.97 bits per heavy atom. The summed E-state index contributed by atoms with van der Waals surface area (Å²) in [7, 11) is 0. The van der Waals surface area contributed by atoms with Gasteiger partial charge in [0, 0.05) is 31.4 Å². The van der Waals surface area contributed by atoms with Crippen molar-refractivity contribution in [1.82, 2.24) is 25.4 Å². The third-order valence-corrected chi connectivity index (χ3v) is 5.31. The summed E-state index contributed by atoms with van der Waals surface area (Å²) in [6.45, 7) is 8.73. The minimum absolute atomic E-state index is 0. The molecular weight excluding hydrogens is 479 g/mol. The van der Waals surface area contributed by atoms with Gasteiger partial charge in [-0.05, 0) is 45.2 Å². The molecule has 156 valence electrons. The fourth-order valence-corrected chi connectivity index (χ4v) is 3.71. The molecule has 0 saturated heterocycles. The molecule has 0 amide bonds. The van der Waals surface area contributed by atoms with Crippen molar-refractivity contribution >= 4 is 40.9 Å². The van der Waals surface area contributed by atoms with Crippen LogP contribution in [-0.4, -0.2) is 33.8 Å². The van der Waals surface area contributed by atoms with Crippen LogP contribution in [0.25, 0.3) is 11.0 Å². The van der Waals surface area contributed by atoms with Crippen molar-refractivity contribution in [3.63, 3.8) is 0 Å². The number of aliphatic imine (C=N–C) groups is 1. The van der Waals surface area contributed by atoms with E-state index in [0.29, 0.717) is 5.92 Å². The van der Waals surface area contributed by atoms with Crippen molar-refractivity contribution in [3.8, 4) is 0 Å². The average Bonchev–Trinajstić information content (AvgIpc) is 3.30. The number of para-hydroxylation sites is 1. The van der Waals surface area contributed by atoms with E-state index in [-0.39, 0.29) is 30.0 Å². The van der Waals surface area contributed by atoms with E-state index in [1.807, 2.05) is 25.1 Å². The van der Waals surface area contributed by atoms with Gasteiger partial charge in [-0.1, -0.05) is 18.2 Å². The maximum atomic E-state index is 5.98. The molecule has 8 heteroatoms. The summed E-state index contributed by atoms with van der Waals surface area (Å²) < 4.78 is 8.21. The Hall–Kier alpha value is -2.10. The highest BCUT2D eigenvalue weighted by Crippen LogP contribution is 2.24. The fraction of sp³-hybridized carbons (Fsp3) is 0.476. The van der Waals surface area contributed by atoms with Gasteiger partial charge in [0.2, 0.25) is 0 Å². The molecule has 0 radical (unpaired) electrons. The Morgan fingerprint density at radius 2 is 2.17 bits per heavy atom. The largest absolute Gasteiger partial charge is 0.459 e. The van der Waals surface area contributed by atoms with Crippen molar-refractivity contribution in [1.29, 1.82) is 0 Å². The van der Waals surface area contributed by atoms with Crippen LogP contribution in [-0.2, 0) is 13.0 Å². The van der Waals surface area contributed by atoms with E-state index in [4.69, 9.17) is 9.41 Å². The second-order valence-electron chi connectivity index (χ2n) is 7.45. The summed E-state index contributed by atoms with van der Waals surface area (Å²) >= 11 is 0. The number of nitrogens with one attached hydrogen (secondary N) is 2. The molecule has 0 saturated carbocycles. The number of furan rings is 1. The van der Waals surface area contributed by atoms with Gasteiger partial charge in [-0.2, -0.15) is 0 Å². The first kappa shape index (κ1) is 21.6. The van der Waals surface area contributed by atoms with Crippen molar-refractivity contribution < 1.29 is 4.42 Å². The number of nitrogens with zero attached hydrogens (tertiary/aromatic N) is 4. The van der Waals surface area contributed by atoms with E-state index >= 15 is 0 Å². The highest BCUT2D eigenvalue weighted by molar-refractivity contribution is 14.0. The number of aromatic nitrogens is 3. The molecular formula is C21H29IN6O. The van der Waals surface area contributed by atoms with E-state index in [0.717, 1.165) is 66.8 Å². The van der Waals surface area contributed by atoms with Crippen molar-refractivity contribution in [2.75, 3.05) is 13.1 Å². The van der Waals surface area contributed by atoms with Gasteiger partial charge >= 0.3 is 0 Å². The molecule has 1 aliphatic heterocycles. The first-order chi connectivity index (χ1) is 13.6. The molecule has 0 fully saturated rings. The number of benzene rings is 1. The van der Waals surface area contributed by atoms with Crippen molar-refractivity contribution in [2.24, 2.45) is 10.9 Å². The van der Waals surface area contributed by atoms with Crippen molar-refractivity contribution in [2.45, 2.75) is 46.2 Å². The van der Waals surface area contributed by atoms with Gasteiger partial charge in [-0.25, -0.2) is 0 Å². The normalized spacial score (nSPS) is 17.5. The molecule has 0 bridgehead atoms. The van der Waals surface area contributed by atoms with Gasteiger partial charge in [0.15, 0.2) is 5.96 Å². The topological polar surface area (TPSA) is 80.3 Å². The quantitative estimate of drug-likeness (QED) is 0.311. The number of hydrogen-bond acceptors (Lipinski definition) is 4. The van der Waals surface area contributed by atoms with Crippen LogP contribution < -0.4 is 10.6 Å². The first-order valence-electron chi connectivity index (χ1n) is 10.1. The summed E-state index contributed by atoms with van der Waals surface area (Å²) in [6.07, 6.45) is 2.07. The molecule has 1 aromatic carbocycles. The van der Waals surface area contributed by atoms with E-state index in [2.05, 4.69) is 51.4 Å². The number of hydrogen-bond donors (Lipinski definition) is 2. The van der Waals surface area contributed by atoms with Crippen LogP contribution in [0.15, 0.2) is 39.7 Å². The highest BCUT2D eigenvalue weighted by atomic mass is 127. The lowest BCUT2D eigenvalue weighted by atomic mass is 9.99. The zero-order valence-electron chi connectivity index (χ0n) is 17.2. The maximum absolute atomic E-state index is 5.98. The van der Waals surface area contributed by atoms with Gasteiger partial charge < -0.3 is 19.6 Å². The van der Waals surface area contributed by atoms with Crippen LogP contribution in [0.2, 0.25) is 0 Å². The molecule has 0 spiro atoms. The van der Waals surface area contributed by atoms with Gasteiger partial charge in [0.05, 0.1) is 6.04 Å². The number of rotatable bonds is 5. The molecule has 0 aliphatic carbocycles. The number of halogens is 1. The molecule has 2 N–H and O–H groups in total. The SMILES string of the molecule is CCNC(=NCC1CCc2nnc(C)n2C1)NC(C)c1cc2ccccc2o1.I. The van der Waals surface area contributed by atoms with Crippen LogP contribution in [0.1, 0.15) is 43.7 Å². The second-order valence-corrected chi connectivity index (χ2v) is 7.45. The lowest BCUT2D eigenvalue weighted by Crippen LogP contribution is -2.39. The second kappa shape index (κ2) is 9.60. The summed E-state index contributed by atoms with van der Waals surface area (Å²) in [5.41, 5.74) is 0.912. The summed E-state index contributed by atoms with van der Waals surface area (Å²) in [4.78, 5) is 4.84. The predicted molar refractivity (Wildman–Crippen MR) is 126 cm³/mol. The third kappa shape index (κ3) is 4.91. The van der Waals surface area contributed by atoms with Crippen LogP contribution >= 0.6 is 24.0 Å². The van der Waals surface area contributed by atoms with Gasteiger partial charge in [0.25, 0.3) is 0 Å². The minimum atomic E-state index is 0. The molecule has 3 aromatic rings. The van der Waals surface area contributed by atoms with Gasteiger partial charge in [-0.15, -0.1) is 34.2 Å². The minimum Gasteiger partial charge on any atom is -0.459 e. The van der Waals surface area contributed by atoms with Gasteiger partial charge in [-0.3, -0.25) is 4.99 Å². The fourth-order valence-electron chi connectivity index (χ4n) is 3.71.